The van der Waals surface area contributed by atoms with Gasteiger partial charge in [-0.1, -0.05) is 50.6 Å². The van der Waals surface area contributed by atoms with E-state index in [1.807, 2.05) is 37.3 Å². The number of carboxylic acid groups (broad SMARTS) is 1. The van der Waals surface area contributed by atoms with E-state index in [9.17, 15) is 29.1 Å². The molecule has 8 N–H and O–H groups in total. The summed E-state index contributed by atoms with van der Waals surface area (Å²) in [6, 6.07) is 5.96. The molecule has 4 amide bonds. The first-order valence-corrected chi connectivity index (χ1v) is 10.7. The van der Waals surface area contributed by atoms with Crippen LogP contribution in [-0.4, -0.2) is 59.4 Å². The van der Waals surface area contributed by atoms with Gasteiger partial charge in [0.2, 0.25) is 23.6 Å². The Hall–Kier alpha value is -3.47. The number of primary amides is 1. The van der Waals surface area contributed by atoms with Crippen molar-refractivity contribution in [3.63, 3.8) is 0 Å². The van der Waals surface area contributed by atoms with Gasteiger partial charge in [0.25, 0.3) is 0 Å². The number of nitrogens with one attached hydrogen (secondary N) is 3. The van der Waals surface area contributed by atoms with E-state index in [0.717, 1.165) is 5.56 Å². The summed E-state index contributed by atoms with van der Waals surface area (Å²) in [7, 11) is 0. The minimum absolute atomic E-state index is 0.174. The minimum Gasteiger partial charge on any atom is -0.480 e. The molecule has 4 unspecified atom stereocenters. The molecule has 0 spiro atoms. The zero-order valence-electron chi connectivity index (χ0n) is 18.9. The molecule has 0 aromatic heterocycles. The lowest BCUT2D eigenvalue weighted by molar-refractivity contribution is -0.143. The number of rotatable bonds is 14. The van der Waals surface area contributed by atoms with E-state index in [2.05, 4.69) is 16.0 Å². The zero-order valence-corrected chi connectivity index (χ0v) is 18.9. The monoisotopic (exact) mass is 463 g/mol. The highest BCUT2D eigenvalue weighted by Crippen LogP contribution is 2.09. The Morgan fingerprint density at radius 1 is 1.03 bits per heavy atom. The van der Waals surface area contributed by atoms with Crippen LogP contribution in [0.4, 0.5) is 0 Å². The Labute approximate surface area is 192 Å². The molecule has 0 aliphatic heterocycles. The van der Waals surface area contributed by atoms with Crippen molar-refractivity contribution in [1.29, 1.82) is 0 Å². The van der Waals surface area contributed by atoms with E-state index in [1.165, 1.54) is 0 Å². The summed E-state index contributed by atoms with van der Waals surface area (Å²) in [6.07, 6.45) is 0.430. The Balaban J connectivity index is 2.66. The molecule has 33 heavy (non-hydrogen) atoms. The van der Waals surface area contributed by atoms with Crippen LogP contribution in [0.2, 0.25) is 0 Å². The SMILES string of the molecule is CCC(C)C(NC(=O)CNC(=O)C(N)Cc1ccccc1)C(=O)NC(CCC(N)=O)C(=O)O. The zero-order chi connectivity index (χ0) is 25.0. The lowest BCUT2D eigenvalue weighted by atomic mass is 9.97. The van der Waals surface area contributed by atoms with Crippen LogP contribution in [0.5, 0.6) is 0 Å². The lowest BCUT2D eigenvalue weighted by Crippen LogP contribution is -2.56. The molecule has 0 aliphatic rings. The smallest absolute Gasteiger partial charge is 0.326 e. The summed E-state index contributed by atoms with van der Waals surface area (Å²) in [5.74, 6) is -4.19. The molecule has 11 nitrogen and oxygen atoms in total. The van der Waals surface area contributed by atoms with E-state index < -0.39 is 54.3 Å². The van der Waals surface area contributed by atoms with Crippen molar-refractivity contribution in [2.75, 3.05) is 6.54 Å². The third-order valence-corrected chi connectivity index (χ3v) is 5.16. The van der Waals surface area contributed by atoms with E-state index >= 15 is 0 Å². The highest BCUT2D eigenvalue weighted by molar-refractivity contribution is 5.92. The van der Waals surface area contributed by atoms with Gasteiger partial charge in [-0.15, -0.1) is 0 Å². The first-order chi connectivity index (χ1) is 15.5. The Kier molecular flexibility index (Phi) is 11.6. The fourth-order valence-corrected chi connectivity index (χ4v) is 2.99. The average Bonchev–Trinajstić information content (AvgIpc) is 2.78. The van der Waals surface area contributed by atoms with Crippen molar-refractivity contribution in [1.82, 2.24) is 16.0 Å². The van der Waals surface area contributed by atoms with Gasteiger partial charge in [-0.05, 0) is 24.3 Å². The molecule has 0 bridgehead atoms. The van der Waals surface area contributed by atoms with Crippen LogP contribution in [0.15, 0.2) is 30.3 Å². The van der Waals surface area contributed by atoms with Gasteiger partial charge in [-0.3, -0.25) is 19.2 Å². The highest BCUT2D eigenvalue weighted by atomic mass is 16.4. The van der Waals surface area contributed by atoms with Crippen LogP contribution in [0, 0.1) is 5.92 Å². The molecule has 4 atom stereocenters. The number of aliphatic carboxylic acids is 1. The van der Waals surface area contributed by atoms with Gasteiger partial charge < -0.3 is 32.5 Å². The Morgan fingerprint density at radius 2 is 1.67 bits per heavy atom. The normalized spacial score (nSPS) is 14.3. The van der Waals surface area contributed by atoms with E-state index in [0.29, 0.717) is 12.8 Å². The minimum atomic E-state index is -1.33. The third-order valence-electron chi connectivity index (χ3n) is 5.16. The molecule has 0 heterocycles. The number of amides is 4. The molecular formula is C22H33N5O6. The predicted molar refractivity (Wildman–Crippen MR) is 121 cm³/mol. The van der Waals surface area contributed by atoms with Gasteiger partial charge in [0.05, 0.1) is 12.6 Å². The summed E-state index contributed by atoms with van der Waals surface area (Å²) in [4.78, 5) is 59.6. The maximum Gasteiger partial charge on any atom is 0.326 e. The summed E-state index contributed by atoms with van der Waals surface area (Å²) < 4.78 is 0. The quantitative estimate of drug-likeness (QED) is 0.204. The largest absolute Gasteiger partial charge is 0.480 e. The molecule has 0 radical (unpaired) electrons. The second-order valence-corrected chi connectivity index (χ2v) is 7.85. The summed E-state index contributed by atoms with van der Waals surface area (Å²) in [6.45, 7) is 3.13. The van der Waals surface area contributed by atoms with Gasteiger partial charge >= 0.3 is 5.97 Å². The second kappa shape index (κ2) is 13.8. The van der Waals surface area contributed by atoms with E-state index in [-0.39, 0.29) is 18.8 Å². The summed E-state index contributed by atoms with van der Waals surface area (Å²) in [5, 5.41) is 16.6. The lowest BCUT2D eigenvalue weighted by Gasteiger charge is -2.25. The summed E-state index contributed by atoms with van der Waals surface area (Å²) in [5.41, 5.74) is 11.8. The second-order valence-electron chi connectivity index (χ2n) is 7.85. The van der Waals surface area contributed by atoms with Crippen LogP contribution < -0.4 is 27.4 Å². The maximum absolute atomic E-state index is 12.7. The molecule has 0 saturated heterocycles. The Bertz CT molecular complexity index is 832. The first-order valence-electron chi connectivity index (χ1n) is 10.7. The van der Waals surface area contributed by atoms with E-state index in [1.54, 1.807) is 6.92 Å². The number of hydrogen-bond donors (Lipinski definition) is 6. The third kappa shape index (κ3) is 10.1. The molecule has 0 saturated carbocycles. The number of carbonyl (C=O) groups is 5. The van der Waals surface area contributed by atoms with Gasteiger partial charge in [0.15, 0.2) is 0 Å². The van der Waals surface area contributed by atoms with Crippen molar-refractivity contribution < 1.29 is 29.1 Å². The molecule has 1 aromatic carbocycles. The van der Waals surface area contributed by atoms with Gasteiger partial charge in [0, 0.05) is 6.42 Å². The standard InChI is InChI=1S/C22H33N5O6/c1-3-13(2)19(21(31)26-16(22(32)33)9-10-17(24)28)27-18(29)12-25-20(30)15(23)11-14-7-5-4-6-8-14/h4-8,13,15-16,19H,3,9-12,23H2,1-2H3,(H2,24,28)(H,25,30)(H,26,31)(H,27,29)(H,32,33). The number of carboxylic acids is 1. The molecule has 0 fully saturated rings. The number of nitrogens with two attached hydrogens (primary N) is 2. The first kappa shape index (κ1) is 27.6. The van der Waals surface area contributed by atoms with Crippen molar-refractivity contribution in [3.8, 4) is 0 Å². The van der Waals surface area contributed by atoms with Crippen LogP contribution >= 0.6 is 0 Å². The topological polar surface area (TPSA) is 194 Å². The maximum atomic E-state index is 12.7. The molecule has 1 rings (SSSR count). The predicted octanol–water partition coefficient (Wildman–Crippen LogP) is -0.962. The molecular weight excluding hydrogens is 430 g/mol. The fourth-order valence-electron chi connectivity index (χ4n) is 2.99. The number of hydrogen-bond acceptors (Lipinski definition) is 6. The number of carbonyl (C=O) groups excluding carboxylic acids is 4. The van der Waals surface area contributed by atoms with E-state index in [4.69, 9.17) is 11.5 Å². The average molecular weight is 464 g/mol. The number of benzene rings is 1. The Morgan fingerprint density at radius 3 is 2.21 bits per heavy atom. The van der Waals surface area contributed by atoms with Crippen LogP contribution in [-0.2, 0) is 30.4 Å². The van der Waals surface area contributed by atoms with Crippen molar-refractivity contribution in [2.24, 2.45) is 17.4 Å². The summed E-state index contributed by atoms with van der Waals surface area (Å²) >= 11 is 0. The van der Waals surface area contributed by atoms with Crippen molar-refractivity contribution in [2.45, 2.75) is 57.7 Å². The van der Waals surface area contributed by atoms with Gasteiger partial charge in [-0.25, -0.2) is 4.79 Å². The van der Waals surface area contributed by atoms with Gasteiger partial charge in [0.1, 0.15) is 12.1 Å². The van der Waals surface area contributed by atoms with Crippen LogP contribution in [0.25, 0.3) is 0 Å². The van der Waals surface area contributed by atoms with Crippen molar-refractivity contribution >= 4 is 29.6 Å². The fraction of sp³-hybridized carbons (Fsp3) is 0.500. The molecule has 1 aromatic rings. The van der Waals surface area contributed by atoms with Gasteiger partial charge in [-0.2, -0.15) is 0 Å². The molecule has 0 aliphatic carbocycles. The molecule has 182 valence electrons. The van der Waals surface area contributed by atoms with Crippen LogP contribution in [0.3, 0.4) is 0 Å². The highest BCUT2D eigenvalue weighted by Gasteiger charge is 2.30. The van der Waals surface area contributed by atoms with Crippen LogP contribution in [0.1, 0.15) is 38.7 Å². The van der Waals surface area contributed by atoms with Crippen molar-refractivity contribution in [3.05, 3.63) is 35.9 Å². The molecule has 11 heteroatoms.